The van der Waals surface area contributed by atoms with Gasteiger partial charge in [0.05, 0.1) is 0 Å². The molecule has 0 saturated heterocycles. The quantitative estimate of drug-likeness (QED) is 0.360. The third-order valence-corrected chi connectivity index (χ3v) is 0. The van der Waals surface area contributed by atoms with E-state index < -0.39 is 0 Å². The van der Waals surface area contributed by atoms with Crippen molar-refractivity contribution < 1.29 is 22.5 Å². The van der Waals surface area contributed by atoms with E-state index in [2.05, 4.69) is 0 Å². The van der Waals surface area contributed by atoms with Gasteiger partial charge in [0, 0.05) is 17.1 Å². The van der Waals surface area contributed by atoms with E-state index in [0.717, 1.165) is 0 Å². The van der Waals surface area contributed by atoms with Gasteiger partial charge >= 0.3 is 37.7 Å². The van der Waals surface area contributed by atoms with Gasteiger partial charge in [-0.05, 0) is 0 Å². The van der Waals surface area contributed by atoms with Crippen molar-refractivity contribution >= 4 is 68.6 Å². The molecule has 0 rings (SSSR count). The first-order valence-electron chi connectivity index (χ1n) is 0. The summed E-state index contributed by atoms with van der Waals surface area (Å²) in [6.07, 6.45) is 0. The van der Waals surface area contributed by atoms with E-state index in [1.807, 2.05) is 0 Å². The maximum Gasteiger partial charge on any atom is 0 e. The Morgan fingerprint density at radius 1 is 1.00 bits per heavy atom. The fourth-order valence-corrected chi connectivity index (χ4v) is 0. The second-order valence-electron chi connectivity index (χ2n) is 0. The van der Waals surface area contributed by atoms with Crippen LogP contribution in [0, 0.1) is 0 Å². The Balaban J connectivity index is 0. The molecule has 0 spiro atoms. The monoisotopic (exact) mass is 180 g/mol. The Morgan fingerprint density at radius 2 is 1.00 bits per heavy atom. The fraction of sp³-hybridized carbons (Fsp3) is 0. The number of rotatable bonds is 0. The molecule has 34 valence electrons. The van der Waals surface area contributed by atoms with Crippen LogP contribution in [0.25, 0.3) is 0 Å². The zero-order valence-electron chi connectivity index (χ0n) is 1.35. The summed E-state index contributed by atoms with van der Waals surface area (Å²) in [5.41, 5.74) is 0. The van der Waals surface area contributed by atoms with Crippen molar-refractivity contribution in [1.82, 2.24) is 0 Å². The summed E-state index contributed by atoms with van der Waals surface area (Å²) in [7, 11) is 0. The summed E-state index contributed by atoms with van der Waals surface area (Å²) in [6.45, 7) is 0. The van der Waals surface area contributed by atoms with Crippen molar-refractivity contribution in [2.75, 3.05) is 0 Å². The Hall–Kier alpha value is 2.62. The molecule has 5 heavy (non-hydrogen) atoms. The Bertz CT molecular complexity index is 11.6. The minimum Gasteiger partial charge on any atom is 0 e. The van der Waals surface area contributed by atoms with Crippen molar-refractivity contribution in [2.45, 2.75) is 0 Å². The van der Waals surface area contributed by atoms with E-state index in [4.69, 9.17) is 0 Å². The maximum atomic E-state index is 0. The van der Waals surface area contributed by atoms with Crippen molar-refractivity contribution in [1.29, 1.82) is 0 Å². The summed E-state index contributed by atoms with van der Waals surface area (Å²) in [6, 6.07) is 0. The molecule has 0 fully saturated rings. The molecule has 0 saturated carbocycles. The molecule has 2 N–H and O–H groups in total. The van der Waals surface area contributed by atoms with Gasteiger partial charge in [0.2, 0.25) is 0 Å². The zero-order chi connectivity index (χ0) is 0. The van der Waals surface area contributed by atoms with Crippen LogP contribution in [0.4, 0.5) is 0 Å². The largest absolute Gasteiger partial charge is 0 e. The van der Waals surface area contributed by atoms with Gasteiger partial charge in [-0.3, -0.25) is 0 Å². The van der Waals surface area contributed by atoms with E-state index in [1.165, 1.54) is 0 Å². The van der Waals surface area contributed by atoms with Gasteiger partial charge in [-0.2, -0.15) is 13.5 Å². The van der Waals surface area contributed by atoms with E-state index >= 15 is 0 Å². The van der Waals surface area contributed by atoms with Gasteiger partial charge in [0.1, 0.15) is 0 Å². The Morgan fingerprint density at radius 3 is 1.00 bits per heavy atom. The smallest absolute Gasteiger partial charge is 0 e. The predicted molar refractivity (Wildman–Crippen MR) is 32.5 cm³/mol. The molecule has 0 aromatic carbocycles. The fourth-order valence-electron chi connectivity index (χ4n) is 0. The first kappa shape index (κ1) is 48.6. The SMILES string of the molecule is O.S.[AlH3].[CaH2].[Fe]. The normalized spacial score (nSPS) is 0. The topological polar surface area (TPSA) is 31.5 Å². The van der Waals surface area contributed by atoms with Gasteiger partial charge < -0.3 is 5.48 Å². The van der Waals surface area contributed by atoms with E-state index in [0.29, 0.717) is 0 Å². The van der Waals surface area contributed by atoms with E-state index in [1.54, 1.807) is 0 Å². The summed E-state index contributed by atoms with van der Waals surface area (Å²) in [5.74, 6) is 0. The molecule has 0 atom stereocenters. The van der Waals surface area contributed by atoms with E-state index in [-0.39, 0.29) is 91.1 Å². The molecule has 0 aromatic rings. The maximum absolute atomic E-state index is 0. The van der Waals surface area contributed by atoms with Crippen LogP contribution in [-0.4, -0.2) is 60.6 Å². The third kappa shape index (κ3) is 20.6. The molecule has 0 aliphatic rings. The number of hydrogen-bond acceptors (Lipinski definition) is 0. The molecule has 0 bridgehead atoms. The van der Waals surface area contributed by atoms with Crippen LogP contribution >= 0.6 is 13.5 Å². The van der Waals surface area contributed by atoms with E-state index in [9.17, 15) is 0 Å². The minimum atomic E-state index is 0. The van der Waals surface area contributed by atoms with Crippen LogP contribution in [-0.2, 0) is 17.1 Å². The average molecular weight is 180 g/mol. The molecule has 0 amide bonds. The molecule has 5 heteroatoms. The molecule has 0 unspecified atom stereocenters. The summed E-state index contributed by atoms with van der Waals surface area (Å²) >= 11 is 0. The third-order valence-electron chi connectivity index (χ3n) is 0. The van der Waals surface area contributed by atoms with Crippen LogP contribution in [0.2, 0.25) is 0 Å². The molecular formula is H9AlCaFeOS. The summed E-state index contributed by atoms with van der Waals surface area (Å²) in [4.78, 5) is 0. The molecular weight excluding hydrogens is 171 g/mol. The second-order valence-corrected chi connectivity index (χ2v) is 0. The Kier molecular flexibility index (Phi) is 296. The van der Waals surface area contributed by atoms with Crippen molar-refractivity contribution in [3.63, 3.8) is 0 Å². The van der Waals surface area contributed by atoms with Gasteiger partial charge in [0.15, 0.2) is 17.4 Å². The molecule has 0 radical (unpaired) electrons. The zero-order valence-corrected chi connectivity index (χ0v) is 3.46. The summed E-state index contributed by atoms with van der Waals surface area (Å²) in [5, 5.41) is 0. The predicted octanol–water partition coefficient (Wildman–Crippen LogP) is -2.81. The van der Waals surface area contributed by atoms with Gasteiger partial charge in [-0.1, -0.05) is 0 Å². The minimum absolute atomic E-state index is 0. The van der Waals surface area contributed by atoms with Crippen LogP contribution in [0.15, 0.2) is 0 Å². The van der Waals surface area contributed by atoms with Crippen molar-refractivity contribution in [3.05, 3.63) is 0 Å². The molecule has 0 aliphatic carbocycles. The molecule has 0 aromatic heterocycles. The molecule has 1 nitrogen and oxygen atoms in total. The second kappa shape index (κ2) is 30.4. The van der Waals surface area contributed by atoms with Crippen LogP contribution < -0.4 is 0 Å². The van der Waals surface area contributed by atoms with Crippen LogP contribution in [0.1, 0.15) is 0 Å². The Labute approximate surface area is 89.6 Å². The first-order chi connectivity index (χ1) is 0. The van der Waals surface area contributed by atoms with Crippen molar-refractivity contribution in [2.24, 2.45) is 0 Å². The average Bonchev–Trinajstić information content (AvgIpc) is 0. The molecule has 0 aliphatic heterocycles. The summed E-state index contributed by atoms with van der Waals surface area (Å²) < 4.78 is 0. The standard InChI is InChI=1S/Al.Ca.Fe.H2O.H2S.5H/h;;;2*1H2;;;;;. The van der Waals surface area contributed by atoms with Crippen LogP contribution in [0.5, 0.6) is 0 Å². The number of hydrogen-bond donors (Lipinski definition) is 0. The van der Waals surface area contributed by atoms with Gasteiger partial charge in [0.25, 0.3) is 0 Å². The van der Waals surface area contributed by atoms with Crippen molar-refractivity contribution in [3.8, 4) is 0 Å². The molecule has 0 heterocycles. The van der Waals surface area contributed by atoms with Crippen LogP contribution in [0.3, 0.4) is 0 Å². The first-order valence-corrected chi connectivity index (χ1v) is 0. The van der Waals surface area contributed by atoms with Gasteiger partial charge in [-0.15, -0.1) is 0 Å². The van der Waals surface area contributed by atoms with Gasteiger partial charge in [-0.25, -0.2) is 0 Å².